The van der Waals surface area contributed by atoms with E-state index in [1.54, 1.807) is 12.1 Å². The molecular weight excluding hydrogens is 490 g/mol. The first-order valence-electron chi connectivity index (χ1n) is 12.0. The number of sulfonamides is 1. The summed E-state index contributed by atoms with van der Waals surface area (Å²) < 4.78 is 27.0. The van der Waals surface area contributed by atoms with Crippen LogP contribution in [-0.4, -0.2) is 51.4 Å². The third kappa shape index (κ3) is 5.51. The van der Waals surface area contributed by atoms with Crippen LogP contribution in [0.3, 0.4) is 0 Å². The maximum Gasteiger partial charge on any atom is 0.256 e. The summed E-state index contributed by atoms with van der Waals surface area (Å²) in [5.74, 6) is -0.576. The van der Waals surface area contributed by atoms with Gasteiger partial charge in [-0.1, -0.05) is 44.2 Å². The Morgan fingerprint density at radius 3 is 2.49 bits per heavy atom. The van der Waals surface area contributed by atoms with Crippen molar-refractivity contribution in [2.24, 2.45) is 0 Å². The summed E-state index contributed by atoms with van der Waals surface area (Å²) in [7, 11) is -2.36. The van der Waals surface area contributed by atoms with E-state index in [-0.39, 0.29) is 16.7 Å². The highest BCUT2D eigenvalue weighted by Gasteiger charge is 2.28. The Bertz CT molecular complexity index is 1470. The van der Waals surface area contributed by atoms with Crippen molar-refractivity contribution < 1.29 is 18.0 Å². The largest absolute Gasteiger partial charge is 0.358 e. The number of fused-ring (bicyclic) bond motifs is 1. The zero-order valence-electron chi connectivity index (χ0n) is 21.2. The molecule has 1 aliphatic rings. The fourth-order valence-electron chi connectivity index (χ4n) is 4.31. The Labute approximate surface area is 216 Å². The molecular formula is C27H31N5O4S. The van der Waals surface area contributed by atoms with Crippen LogP contribution in [0, 0.1) is 6.92 Å². The standard InChI is InChI=1S/C27H31N5O4S/c1-16(2)29-12-13-30-27(34)24-17(3)31-23(25(24)18-8-6-5-7-9-18)15-21-20-14-19(37(35,36)28-4)10-11-22(20)32-26(21)33/h5-11,14-16,28-29,31H,12-13H2,1-4H3,(H,30,34)(H,32,33). The average Bonchev–Trinajstić information content (AvgIpc) is 3.37. The van der Waals surface area contributed by atoms with Gasteiger partial charge < -0.3 is 20.9 Å². The highest BCUT2D eigenvalue weighted by molar-refractivity contribution is 7.89. The van der Waals surface area contributed by atoms with Gasteiger partial charge in [0.1, 0.15) is 0 Å². The molecule has 0 saturated carbocycles. The third-order valence-corrected chi connectivity index (χ3v) is 7.52. The van der Waals surface area contributed by atoms with E-state index in [0.717, 1.165) is 5.56 Å². The maximum atomic E-state index is 13.3. The van der Waals surface area contributed by atoms with Gasteiger partial charge in [0.05, 0.1) is 16.0 Å². The average molecular weight is 522 g/mol. The highest BCUT2D eigenvalue weighted by Crippen LogP contribution is 2.38. The number of anilines is 1. The molecule has 194 valence electrons. The SMILES string of the molecule is CNS(=O)(=O)c1ccc2c(c1)C(=Cc1[nH]c(C)c(C(=O)NCCNC(C)C)c1-c1ccccc1)C(=O)N2. The first-order chi connectivity index (χ1) is 17.6. The summed E-state index contributed by atoms with van der Waals surface area (Å²) in [4.78, 5) is 29.5. The second kappa shape index (κ2) is 10.7. The van der Waals surface area contributed by atoms with Crippen LogP contribution in [0.4, 0.5) is 5.69 Å². The molecule has 2 aromatic carbocycles. The van der Waals surface area contributed by atoms with Gasteiger partial charge in [0, 0.05) is 47.3 Å². The number of hydrogen-bond acceptors (Lipinski definition) is 5. The topological polar surface area (TPSA) is 132 Å². The molecule has 3 aromatic rings. The summed E-state index contributed by atoms with van der Waals surface area (Å²) in [5, 5.41) is 9.04. The van der Waals surface area contributed by atoms with Crippen molar-refractivity contribution in [3.8, 4) is 11.1 Å². The zero-order chi connectivity index (χ0) is 26.7. The summed E-state index contributed by atoms with van der Waals surface area (Å²) in [6, 6.07) is 14.3. The molecule has 10 heteroatoms. The number of hydrogen-bond donors (Lipinski definition) is 5. The minimum atomic E-state index is -3.70. The molecule has 0 aliphatic carbocycles. The fraction of sp³-hybridized carbons (Fsp3) is 0.259. The number of H-pyrrole nitrogens is 1. The van der Waals surface area contributed by atoms with Crippen LogP contribution < -0.4 is 20.7 Å². The number of carbonyl (C=O) groups excluding carboxylic acids is 2. The predicted molar refractivity (Wildman–Crippen MR) is 146 cm³/mol. The molecule has 9 nitrogen and oxygen atoms in total. The van der Waals surface area contributed by atoms with Crippen LogP contribution in [0.15, 0.2) is 53.4 Å². The summed E-state index contributed by atoms with van der Waals surface area (Å²) >= 11 is 0. The van der Waals surface area contributed by atoms with Crippen LogP contribution in [0.1, 0.15) is 41.2 Å². The van der Waals surface area contributed by atoms with E-state index in [2.05, 4.69) is 25.7 Å². The molecule has 0 fully saturated rings. The number of amides is 2. The van der Waals surface area contributed by atoms with E-state index in [4.69, 9.17) is 0 Å². The minimum absolute atomic E-state index is 0.0529. The van der Waals surface area contributed by atoms with Crippen LogP contribution in [0.25, 0.3) is 22.8 Å². The van der Waals surface area contributed by atoms with Gasteiger partial charge in [0.15, 0.2) is 0 Å². The van der Waals surface area contributed by atoms with Crippen LogP contribution in [0.2, 0.25) is 0 Å². The first kappa shape index (κ1) is 26.3. The Hall–Kier alpha value is -3.73. The van der Waals surface area contributed by atoms with Crippen molar-refractivity contribution in [1.29, 1.82) is 0 Å². The molecule has 2 amide bonds. The van der Waals surface area contributed by atoms with Crippen LogP contribution >= 0.6 is 0 Å². The van der Waals surface area contributed by atoms with Crippen molar-refractivity contribution in [2.45, 2.75) is 31.7 Å². The normalized spacial score (nSPS) is 14.2. The fourth-order valence-corrected chi connectivity index (χ4v) is 5.07. The number of aromatic nitrogens is 1. The molecule has 0 radical (unpaired) electrons. The van der Waals surface area contributed by atoms with E-state index < -0.39 is 10.0 Å². The van der Waals surface area contributed by atoms with Gasteiger partial charge >= 0.3 is 0 Å². The third-order valence-electron chi connectivity index (χ3n) is 6.11. The number of rotatable bonds is 9. The molecule has 1 aromatic heterocycles. The monoisotopic (exact) mass is 521 g/mol. The lowest BCUT2D eigenvalue weighted by atomic mass is 9.97. The summed E-state index contributed by atoms with van der Waals surface area (Å²) in [6.45, 7) is 7.00. The second-order valence-electron chi connectivity index (χ2n) is 9.07. The van der Waals surface area contributed by atoms with E-state index in [1.807, 2.05) is 51.1 Å². The van der Waals surface area contributed by atoms with Crippen molar-refractivity contribution in [2.75, 3.05) is 25.5 Å². The van der Waals surface area contributed by atoms with Crippen molar-refractivity contribution >= 4 is 39.2 Å². The number of benzene rings is 2. The first-order valence-corrected chi connectivity index (χ1v) is 13.5. The van der Waals surface area contributed by atoms with Gasteiger partial charge in [-0.25, -0.2) is 13.1 Å². The summed E-state index contributed by atoms with van der Waals surface area (Å²) in [5.41, 5.74) is 4.50. The van der Waals surface area contributed by atoms with E-state index in [9.17, 15) is 18.0 Å². The zero-order valence-corrected chi connectivity index (χ0v) is 22.0. The molecule has 1 aliphatic heterocycles. The van der Waals surface area contributed by atoms with Gasteiger partial charge in [0.2, 0.25) is 10.0 Å². The van der Waals surface area contributed by atoms with Crippen molar-refractivity contribution in [3.63, 3.8) is 0 Å². The predicted octanol–water partition coefficient (Wildman–Crippen LogP) is 3.12. The lowest BCUT2D eigenvalue weighted by Gasteiger charge is -2.11. The van der Waals surface area contributed by atoms with E-state index in [0.29, 0.717) is 58.5 Å². The van der Waals surface area contributed by atoms with E-state index in [1.165, 1.54) is 19.2 Å². The number of carbonyl (C=O) groups is 2. The second-order valence-corrected chi connectivity index (χ2v) is 11.0. The molecule has 0 unspecified atom stereocenters. The molecule has 5 N–H and O–H groups in total. The number of nitrogens with one attached hydrogen (secondary N) is 5. The quantitative estimate of drug-likeness (QED) is 0.218. The molecule has 4 rings (SSSR count). The van der Waals surface area contributed by atoms with Gasteiger partial charge in [0.25, 0.3) is 11.8 Å². The van der Waals surface area contributed by atoms with E-state index >= 15 is 0 Å². The summed E-state index contributed by atoms with van der Waals surface area (Å²) in [6.07, 6.45) is 1.67. The van der Waals surface area contributed by atoms with Gasteiger partial charge in [-0.05, 0) is 43.8 Å². The Balaban J connectivity index is 1.80. The lowest BCUT2D eigenvalue weighted by Crippen LogP contribution is -2.34. The Kier molecular flexibility index (Phi) is 7.63. The molecule has 0 spiro atoms. The molecule has 0 bridgehead atoms. The number of aryl methyl sites for hydroxylation is 1. The molecule has 37 heavy (non-hydrogen) atoms. The molecule has 2 heterocycles. The number of aromatic amines is 1. The molecule has 0 saturated heterocycles. The highest BCUT2D eigenvalue weighted by atomic mass is 32.2. The van der Waals surface area contributed by atoms with Gasteiger partial charge in [-0.3, -0.25) is 9.59 Å². The maximum absolute atomic E-state index is 13.3. The lowest BCUT2D eigenvalue weighted by molar-refractivity contribution is -0.110. The Morgan fingerprint density at radius 1 is 1.08 bits per heavy atom. The molecule has 0 atom stereocenters. The van der Waals surface area contributed by atoms with Crippen molar-refractivity contribution in [3.05, 3.63) is 71.0 Å². The van der Waals surface area contributed by atoms with Crippen molar-refractivity contribution in [1.82, 2.24) is 20.3 Å². The minimum Gasteiger partial charge on any atom is -0.358 e. The Morgan fingerprint density at radius 2 is 1.81 bits per heavy atom. The van der Waals surface area contributed by atoms with Gasteiger partial charge in [-0.2, -0.15) is 0 Å². The smallest absolute Gasteiger partial charge is 0.256 e. The van der Waals surface area contributed by atoms with Crippen LogP contribution in [-0.2, 0) is 14.8 Å². The van der Waals surface area contributed by atoms with Gasteiger partial charge in [-0.15, -0.1) is 0 Å². The van der Waals surface area contributed by atoms with Crippen LogP contribution in [0.5, 0.6) is 0 Å².